The van der Waals surface area contributed by atoms with Gasteiger partial charge in [0.15, 0.2) is 5.54 Å². The van der Waals surface area contributed by atoms with Crippen molar-refractivity contribution in [1.82, 2.24) is 0 Å². The molecule has 0 saturated carbocycles. The van der Waals surface area contributed by atoms with Gasteiger partial charge in [-0.1, -0.05) is 32.0 Å². The molecule has 0 radical (unpaired) electrons. The molecule has 1 atom stereocenters. The third-order valence-corrected chi connectivity index (χ3v) is 3.06. The van der Waals surface area contributed by atoms with Crippen LogP contribution in [0.25, 0.3) is 0 Å². The summed E-state index contributed by atoms with van der Waals surface area (Å²) in [5, 5.41) is 9.41. The number of ether oxygens (including phenoxy) is 1. The number of carbonyl (C=O) groups is 1. The number of rotatable bonds is 3. The number of cyclic esters (lactones) is 1. The van der Waals surface area contributed by atoms with E-state index in [0.717, 1.165) is 5.56 Å². The van der Waals surface area contributed by atoms with Gasteiger partial charge in [0, 0.05) is 5.56 Å². The van der Waals surface area contributed by atoms with Gasteiger partial charge in [0.2, 0.25) is 5.90 Å². The Morgan fingerprint density at radius 3 is 2.47 bits per heavy atom. The van der Waals surface area contributed by atoms with Crippen LogP contribution in [0.3, 0.4) is 0 Å². The van der Waals surface area contributed by atoms with Crippen LogP contribution in [-0.4, -0.2) is 29.1 Å². The normalized spacial score (nSPS) is 23.8. The Balaban J connectivity index is 2.41. The number of nitrogens with zero attached hydrogens (tertiary/aromatic N) is 1. The highest BCUT2D eigenvalue weighted by Crippen LogP contribution is 2.30. The number of carbonyl (C=O) groups excluding carboxylic acids is 1. The topological polar surface area (TPSA) is 58.9 Å². The maximum absolute atomic E-state index is 11.9. The van der Waals surface area contributed by atoms with Crippen molar-refractivity contribution in [2.24, 2.45) is 10.9 Å². The molecule has 1 heterocycles. The molecule has 4 heteroatoms. The van der Waals surface area contributed by atoms with E-state index in [1.807, 2.05) is 44.2 Å². The lowest BCUT2D eigenvalue weighted by atomic mass is 9.88. The zero-order valence-corrected chi connectivity index (χ0v) is 9.88. The smallest absolute Gasteiger partial charge is 0.343 e. The van der Waals surface area contributed by atoms with Crippen molar-refractivity contribution in [1.29, 1.82) is 0 Å². The summed E-state index contributed by atoms with van der Waals surface area (Å²) in [7, 11) is 0. The number of benzene rings is 1. The minimum absolute atomic E-state index is 0.110. The van der Waals surface area contributed by atoms with Gasteiger partial charge in [0.25, 0.3) is 0 Å². The average molecular weight is 233 g/mol. The van der Waals surface area contributed by atoms with Crippen molar-refractivity contribution in [3.63, 3.8) is 0 Å². The standard InChI is InChI=1S/C13H15NO3/c1-9(2)13(8-15)12(16)17-11(14-13)10-6-4-3-5-7-10/h3-7,9,15H,8H2,1-2H3. The summed E-state index contributed by atoms with van der Waals surface area (Å²) in [4.78, 5) is 16.1. The third kappa shape index (κ3) is 1.85. The number of aliphatic hydroxyl groups excluding tert-OH is 1. The largest absolute Gasteiger partial charge is 0.405 e. The van der Waals surface area contributed by atoms with Gasteiger partial charge < -0.3 is 9.84 Å². The summed E-state index contributed by atoms with van der Waals surface area (Å²) in [6.07, 6.45) is 0. The summed E-state index contributed by atoms with van der Waals surface area (Å²) in [5.41, 5.74) is -0.401. The Labute approximate surface area is 99.9 Å². The molecule has 0 saturated heterocycles. The fourth-order valence-electron chi connectivity index (χ4n) is 1.78. The minimum atomic E-state index is -1.15. The second kappa shape index (κ2) is 4.30. The first-order chi connectivity index (χ1) is 8.10. The van der Waals surface area contributed by atoms with Crippen LogP contribution >= 0.6 is 0 Å². The predicted molar refractivity (Wildman–Crippen MR) is 63.7 cm³/mol. The second-order valence-corrected chi connectivity index (χ2v) is 4.41. The number of aliphatic imine (C=N–C) groups is 1. The maximum Gasteiger partial charge on any atom is 0.343 e. The fraction of sp³-hybridized carbons (Fsp3) is 0.385. The molecule has 1 aromatic carbocycles. The maximum atomic E-state index is 11.9. The molecule has 1 N–H and O–H groups in total. The number of esters is 1. The SMILES string of the molecule is CC(C)C1(CO)N=C(c2ccccc2)OC1=O. The Bertz CT molecular complexity index is 453. The van der Waals surface area contributed by atoms with Crippen molar-refractivity contribution in [3.8, 4) is 0 Å². The van der Waals surface area contributed by atoms with Gasteiger partial charge >= 0.3 is 5.97 Å². The summed E-state index contributed by atoms with van der Waals surface area (Å²) >= 11 is 0. The van der Waals surface area contributed by atoms with Gasteiger partial charge in [-0.15, -0.1) is 0 Å². The van der Waals surface area contributed by atoms with E-state index < -0.39 is 11.5 Å². The van der Waals surface area contributed by atoms with Gasteiger partial charge in [0.1, 0.15) is 0 Å². The van der Waals surface area contributed by atoms with Crippen molar-refractivity contribution >= 4 is 11.9 Å². The zero-order chi connectivity index (χ0) is 12.5. The van der Waals surface area contributed by atoms with Gasteiger partial charge in [0.05, 0.1) is 6.61 Å². The Morgan fingerprint density at radius 1 is 1.35 bits per heavy atom. The molecule has 17 heavy (non-hydrogen) atoms. The fourth-order valence-corrected chi connectivity index (χ4v) is 1.78. The van der Waals surface area contributed by atoms with Crippen molar-refractivity contribution in [3.05, 3.63) is 35.9 Å². The van der Waals surface area contributed by atoms with Crippen LogP contribution in [0.5, 0.6) is 0 Å². The molecule has 4 nitrogen and oxygen atoms in total. The quantitative estimate of drug-likeness (QED) is 0.802. The van der Waals surface area contributed by atoms with Crippen molar-refractivity contribution in [2.75, 3.05) is 6.61 Å². The molecule has 1 aliphatic heterocycles. The van der Waals surface area contributed by atoms with Crippen molar-refractivity contribution in [2.45, 2.75) is 19.4 Å². The Hall–Kier alpha value is -1.68. The molecule has 0 aliphatic carbocycles. The molecule has 2 rings (SSSR count). The number of aliphatic hydroxyl groups is 1. The van der Waals surface area contributed by atoms with E-state index in [4.69, 9.17) is 4.74 Å². The van der Waals surface area contributed by atoms with E-state index in [9.17, 15) is 9.90 Å². The molecule has 0 aromatic heterocycles. The lowest BCUT2D eigenvalue weighted by molar-refractivity contribution is -0.142. The van der Waals surface area contributed by atoms with Crippen molar-refractivity contribution < 1.29 is 14.6 Å². The highest BCUT2D eigenvalue weighted by atomic mass is 16.6. The lowest BCUT2D eigenvalue weighted by Crippen LogP contribution is -2.43. The van der Waals surface area contributed by atoms with E-state index in [1.54, 1.807) is 0 Å². The van der Waals surface area contributed by atoms with Crippen LogP contribution in [0.4, 0.5) is 0 Å². The highest BCUT2D eigenvalue weighted by Gasteiger charge is 2.48. The minimum Gasteiger partial charge on any atom is -0.405 e. The first-order valence-corrected chi connectivity index (χ1v) is 5.58. The van der Waals surface area contributed by atoms with E-state index in [1.165, 1.54) is 0 Å². The van der Waals surface area contributed by atoms with E-state index in [0.29, 0.717) is 5.90 Å². The van der Waals surface area contributed by atoms with Gasteiger partial charge in [-0.3, -0.25) is 0 Å². The molecule has 0 spiro atoms. The Morgan fingerprint density at radius 2 is 2.00 bits per heavy atom. The average Bonchev–Trinajstić information content (AvgIpc) is 2.69. The van der Waals surface area contributed by atoms with E-state index in [2.05, 4.69) is 4.99 Å². The summed E-state index contributed by atoms with van der Waals surface area (Å²) in [6.45, 7) is 3.35. The lowest BCUT2D eigenvalue weighted by Gasteiger charge is -2.22. The van der Waals surface area contributed by atoms with Crippen LogP contribution in [0.15, 0.2) is 35.3 Å². The summed E-state index contributed by atoms with van der Waals surface area (Å²) < 4.78 is 5.17. The van der Waals surface area contributed by atoms with E-state index in [-0.39, 0.29) is 12.5 Å². The predicted octanol–water partition coefficient (Wildman–Crippen LogP) is 1.38. The molecule has 0 bridgehead atoms. The van der Waals surface area contributed by atoms with Crippen LogP contribution in [0, 0.1) is 5.92 Å². The first-order valence-electron chi connectivity index (χ1n) is 5.58. The summed E-state index contributed by atoms with van der Waals surface area (Å²) in [5.74, 6) is -0.298. The summed E-state index contributed by atoms with van der Waals surface area (Å²) in [6, 6.07) is 9.21. The van der Waals surface area contributed by atoms with Gasteiger partial charge in [-0.25, -0.2) is 9.79 Å². The molecule has 1 unspecified atom stereocenters. The van der Waals surface area contributed by atoms with E-state index >= 15 is 0 Å². The second-order valence-electron chi connectivity index (χ2n) is 4.41. The van der Waals surface area contributed by atoms with Crippen LogP contribution < -0.4 is 0 Å². The number of hydrogen-bond donors (Lipinski definition) is 1. The Kier molecular flexibility index (Phi) is 2.98. The number of hydrogen-bond acceptors (Lipinski definition) is 4. The zero-order valence-electron chi connectivity index (χ0n) is 9.88. The molecule has 1 aromatic rings. The van der Waals surface area contributed by atoms with Gasteiger partial charge in [-0.2, -0.15) is 0 Å². The molecular formula is C13H15NO3. The monoisotopic (exact) mass is 233 g/mol. The molecular weight excluding hydrogens is 218 g/mol. The first kappa shape index (κ1) is 11.8. The highest BCUT2D eigenvalue weighted by molar-refractivity contribution is 6.08. The van der Waals surface area contributed by atoms with Gasteiger partial charge in [-0.05, 0) is 18.1 Å². The van der Waals surface area contributed by atoms with Crippen LogP contribution in [0.1, 0.15) is 19.4 Å². The molecule has 90 valence electrons. The molecule has 1 aliphatic rings. The van der Waals surface area contributed by atoms with Crippen LogP contribution in [0.2, 0.25) is 0 Å². The van der Waals surface area contributed by atoms with Crippen LogP contribution in [-0.2, 0) is 9.53 Å². The third-order valence-electron chi connectivity index (χ3n) is 3.06. The molecule has 0 amide bonds. The molecule has 0 fully saturated rings.